The van der Waals surface area contributed by atoms with Crippen molar-refractivity contribution in [1.82, 2.24) is 5.32 Å². The Balaban J connectivity index is 2.54. The average Bonchev–Trinajstić information content (AvgIpc) is 2.17. The molecule has 0 unspecified atom stereocenters. The lowest BCUT2D eigenvalue weighted by molar-refractivity contribution is 0.346. The standard InChI is InChI=1S/C11H13BrFNO/c1-8(6-14-2)7-15-11-4-3-9(13)5-10(11)12/h3-5,14H,1,6-7H2,2H3. The molecule has 0 fully saturated rings. The van der Waals surface area contributed by atoms with Crippen molar-refractivity contribution in [3.8, 4) is 5.75 Å². The number of halogens is 2. The van der Waals surface area contributed by atoms with Gasteiger partial charge in [0.1, 0.15) is 18.2 Å². The van der Waals surface area contributed by atoms with Crippen LogP contribution in [0.25, 0.3) is 0 Å². The Bertz CT molecular complexity index is 354. The van der Waals surface area contributed by atoms with Crippen LogP contribution in [0.15, 0.2) is 34.8 Å². The van der Waals surface area contributed by atoms with Crippen molar-refractivity contribution in [3.05, 3.63) is 40.6 Å². The normalized spacial score (nSPS) is 10.1. The first-order valence-corrected chi connectivity index (χ1v) is 5.32. The van der Waals surface area contributed by atoms with Crippen LogP contribution in [0.4, 0.5) is 4.39 Å². The van der Waals surface area contributed by atoms with Crippen molar-refractivity contribution in [3.63, 3.8) is 0 Å². The zero-order chi connectivity index (χ0) is 11.3. The van der Waals surface area contributed by atoms with Crippen LogP contribution in [0.3, 0.4) is 0 Å². The Morgan fingerprint density at radius 3 is 2.93 bits per heavy atom. The lowest BCUT2D eigenvalue weighted by Crippen LogP contribution is -2.14. The van der Waals surface area contributed by atoms with Crippen LogP contribution in [-0.4, -0.2) is 20.2 Å². The second kappa shape index (κ2) is 5.88. The third-order valence-corrected chi connectivity index (χ3v) is 2.37. The lowest BCUT2D eigenvalue weighted by atomic mass is 10.3. The molecule has 1 rings (SSSR count). The number of hydrogen-bond acceptors (Lipinski definition) is 2. The molecule has 0 radical (unpaired) electrons. The first kappa shape index (κ1) is 12.2. The van der Waals surface area contributed by atoms with Crippen LogP contribution in [0.2, 0.25) is 0 Å². The predicted octanol–water partition coefficient (Wildman–Crippen LogP) is 2.74. The van der Waals surface area contributed by atoms with E-state index < -0.39 is 0 Å². The fraction of sp³-hybridized carbons (Fsp3) is 0.273. The zero-order valence-corrected chi connectivity index (χ0v) is 10.1. The topological polar surface area (TPSA) is 21.3 Å². The maximum Gasteiger partial charge on any atom is 0.134 e. The van der Waals surface area contributed by atoms with E-state index in [4.69, 9.17) is 4.74 Å². The molecule has 1 aromatic rings. The van der Waals surface area contributed by atoms with Gasteiger partial charge in [-0.3, -0.25) is 0 Å². The van der Waals surface area contributed by atoms with E-state index in [1.165, 1.54) is 12.1 Å². The molecule has 2 nitrogen and oxygen atoms in total. The van der Waals surface area contributed by atoms with E-state index in [1.807, 2.05) is 7.05 Å². The van der Waals surface area contributed by atoms with Gasteiger partial charge >= 0.3 is 0 Å². The summed E-state index contributed by atoms with van der Waals surface area (Å²) in [6.45, 7) is 4.96. The molecular formula is C11H13BrFNO. The third-order valence-electron chi connectivity index (χ3n) is 1.75. The molecule has 0 amide bonds. The van der Waals surface area contributed by atoms with Gasteiger partial charge in [-0.25, -0.2) is 4.39 Å². The molecule has 0 aliphatic rings. The first-order chi connectivity index (χ1) is 7.13. The molecule has 0 atom stereocenters. The highest BCUT2D eigenvalue weighted by Crippen LogP contribution is 2.25. The molecule has 0 heterocycles. The van der Waals surface area contributed by atoms with Gasteiger partial charge in [0.2, 0.25) is 0 Å². The van der Waals surface area contributed by atoms with Gasteiger partial charge in [-0.2, -0.15) is 0 Å². The number of likely N-dealkylation sites (N-methyl/N-ethyl adjacent to an activating group) is 1. The fourth-order valence-electron chi connectivity index (χ4n) is 1.07. The molecule has 15 heavy (non-hydrogen) atoms. The summed E-state index contributed by atoms with van der Waals surface area (Å²) in [5, 5.41) is 2.98. The summed E-state index contributed by atoms with van der Waals surface area (Å²) in [4.78, 5) is 0. The van der Waals surface area contributed by atoms with Gasteiger partial charge in [0.05, 0.1) is 4.47 Å². The van der Waals surface area contributed by atoms with E-state index >= 15 is 0 Å². The van der Waals surface area contributed by atoms with Crippen LogP contribution in [-0.2, 0) is 0 Å². The van der Waals surface area contributed by atoms with Crippen molar-refractivity contribution in [2.75, 3.05) is 20.2 Å². The predicted molar refractivity (Wildman–Crippen MR) is 62.7 cm³/mol. The second-order valence-electron chi connectivity index (χ2n) is 3.14. The Kier molecular flexibility index (Phi) is 4.78. The van der Waals surface area contributed by atoms with Gasteiger partial charge in [-0.1, -0.05) is 6.58 Å². The van der Waals surface area contributed by atoms with E-state index in [1.54, 1.807) is 6.07 Å². The molecule has 0 aliphatic carbocycles. The summed E-state index contributed by atoms with van der Waals surface area (Å²) in [5.41, 5.74) is 0.939. The van der Waals surface area contributed by atoms with Gasteiger partial charge in [0.25, 0.3) is 0 Å². The van der Waals surface area contributed by atoms with E-state index in [2.05, 4.69) is 27.8 Å². The molecule has 1 N–H and O–H groups in total. The SMILES string of the molecule is C=C(CNC)COc1ccc(F)cc1Br. The Morgan fingerprint density at radius 2 is 2.33 bits per heavy atom. The minimum absolute atomic E-state index is 0.289. The molecule has 0 saturated heterocycles. The van der Waals surface area contributed by atoms with Crippen molar-refractivity contribution >= 4 is 15.9 Å². The van der Waals surface area contributed by atoms with Gasteiger partial charge in [-0.15, -0.1) is 0 Å². The summed E-state index contributed by atoms with van der Waals surface area (Å²) in [6, 6.07) is 4.32. The highest BCUT2D eigenvalue weighted by molar-refractivity contribution is 9.10. The Labute approximate surface area is 97.3 Å². The lowest BCUT2D eigenvalue weighted by Gasteiger charge is -2.09. The number of rotatable bonds is 5. The van der Waals surface area contributed by atoms with Crippen molar-refractivity contribution in [1.29, 1.82) is 0 Å². The Morgan fingerprint density at radius 1 is 1.60 bits per heavy atom. The molecule has 0 spiro atoms. The summed E-state index contributed by atoms with van der Waals surface area (Å²) >= 11 is 3.23. The molecule has 0 aromatic heterocycles. The van der Waals surface area contributed by atoms with E-state index in [-0.39, 0.29) is 5.82 Å². The minimum atomic E-state index is -0.289. The van der Waals surface area contributed by atoms with Crippen LogP contribution >= 0.6 is 15.9 Å². The third kappa shape index (κ3) is 4.01. The van der Waals surface area contributed by atoms with Crippen molar-refractivity contribution in [2.24, 2.45) is 0 Å². The maximum atomic E-state index is 12.8. The molecule has 4 heteroatoms. The van der Waals surface area contributed by atoms with E-state index in [0.29, 0.717) is 23.4 Å². The van der Waals surface area contributed by atoms with E-state index in [9.17, 15) is 4.39 Å². The number of hydrogen-bond donors (Lipinski definition) is 1. The number of nitrogens with one attached hydrogen (secondary N) is 1. The van der Waals surface area contributed by atoms with Gasteiger partial charge in [0, 0.05) is 6.54 Å². The molecule has 82 valence electrons. The second-order valence-corrected chi connectivity index (χ2v) is 4.00. The Hall–Kier alpha value is -0.870. The van der Waals surface area contributed by atoms with E-state index in [0.717, 1.165) is 5.57 Å². The molecule has 0 saturated carbocycles. The van der Waals surface area contributed by atoms with Gasteiger partial charge < -0.3 is 10.1 Å². The molecule has 0 bridgehead atoms. The quantitative estimate of drug-likeness (QED) is 0.834. The number of ether oxygens (including phenoxy) is 1. The maximum absolute atomic E-state index is 12.8. The molecule has 0 aliphatic heterocycles. The largest absolute Gasteiger partial charge is 0.488 e. The van der Waals surface area contributed by atoms with Gasteiger partial charge in [0.15, 0.2) is 0 Å². The zero-order valence-electron chi connectivity index (χ0n) is 8.52. The summed E-state index contributed by atoms with van der Waals surface area (Å²) in [5.74, 6) is 0.330. The van der Waals surface area contributed by atoms with Crippen molar-refractivity contribution in [2.45, 2.75) is 0 Å². The van der Waals surface area contributed by atoms with Gasteiger partial charge in [-0.05, 0) is 46.7 Å². The first-order valence-electron chi connectivity index (χ1n) is 4.52. The fourth-order valence-corrected chi connectivity index (χ4v) is 1.54. The summed E-state index contributed by atoms with van der Waals surface area (Å²) in [7, 11) is 1.85. The van der Waals surface area contributed by atoms with Crippen molar-refractivity contribution < 1.29 is 9.13 Å². The molecule has 1 aromatic carbocycles. The molecular weight excluding hydrogens is 261 g/mol. The highest BCUT2D eigenvalue weighted by atomic mass is 79.9. The van der Waals surface area contributed by atoms with Crippen LogP contribution in [0, 0.1) is 5.82 Å². The summed E-state index contributed by atoms with van der Waals surface area (Å²) < 4.78 is 18.8. The average molecular weight is 274 g/mol. The highest BCUT2D eigenvalue weighted by Gasteiger charge is 2.02. The monoisotopic (exact) mass is 273 g/mol. The minimum Gasteiger partial charge on any atom is -0.488 e. The van der Waals surface area contributed by atoms with Crippen LogP contribution in [0.1, 0.15) is 0 Å². The smallest absolute Gasteiger partial charge is 0.134 e. The van der Waals surface area contributed by atoms with Crippen LogP contribution < -0.4 is 10.1 Å². The number of benzene rings is 1. The van der Waals surface area contributed by atoms with Crippen LogP contribution in [0.5, 0.6) is 5.75 Å². The summed E-state index contributed by atoms with van der Waals surface area (Å²) in [6.07, 6.45) is 0.